The number of halogens is 2. The van der Waals surface area contributed by atoms with Crippen molar-refractivity contribution >= 4 is 0 Å². The molecule has 1 fully saturated rings. The Kier molecular flexibility index (Phi) is 6.80. The molecule has 0 amide bonds. The van der Waals surface area contributed by atoms with Crippen LogP contribution in [0.5, 0.6) is 11.5 Å². The average molecular weight is 362 g/mol. The van der Waals surface area contributed by atoms with Crippen LogP contribution in [0.15, 0.2) is 48.5 Å². The first-order chi connectivity index (χ1) is 12.7. The molecule has 1 saturated heterocycles. The van der Waals surface area contributed by atoms with Crippen LogP contribution < -0.4 is 9.47 Å². The van der Waals surface area contributed by atoms with E-state index in [0.29, 0.717) is 24.7 Å². The lowest BCUT2D eigenvalue weighted by Gasteiger charge is -2.34. The molecule has 0 bridgehead atoms. The van der Waals surface area contributed by atoms with Crippen LogP contribution >= 0.6 is 0 Å². The van der Waals surface area contributed by atoms with Crippen LogP contribution in [-0.2, 0) is 0 Å². The van der Waals surface area contributed by atoms with Gasteiger partial charge in [-0.05, 0) is 24.3 Å². The second kappa shape index (κ2) is 9.50. The van der Waals surface area contributed by atoms with Crippen LogP contribution in [0.25, 0.3) is 0 Å². The highest BCUT2D eigenvalue weighted by molar-refractivity contribution is 5.24. The second-order valence-corrected chi connectivity index (χ2v) is 6.24. The molecule has 0 radical (unpaired) electrons. The van der Waals surface area contributed by atoms with Gasteiger partial charge in [0.2, 0.25) is 0 Å². The third-order valence-electron chi connectivity index (χ3n) is 4.47. The summed E-state index contributed by atoms with van der Waals surface area (Å²) < 4.78 is 38.0. The zero-order chi connectivity index (χ0) is 18.2. The van der Waals surface area contributed by atoms with Crippen LogP contribution in [0.3, 0.4) is 0 Å². The van der Waals surface area contributed by atoms with Gasteiger partial charge in [0, 0.05) is 39.3 Å². The third kappa shape index (κ3) is 5.41. The number of ether oxygens (including phenoxy) is 2. The van der Waals surface area contributed by atoms with Gasteiger partial charge in [-0.15, -0.1) is 0 Å². The molecular weight excluding hydrogens is 338 g/mol. The summed E-state index contributed by atoms with van der Waals surface area (Å²) in [5.74, 6) is -0.0489. The molecule has 4 nitrogen and oxygen atoms in total. The van der Waals surface area contributed by atoms with Crippen molar-refractivity contribution in [2.45, 2.75) is 0 Å². The van der Waals surface area contributed by atoms with Crippen molar-refractivity contribution in [1.82, 2.24) is 9.80 Å². The molecule has 1 aliphatic rings. The highest BCUT2D eigenvalue weighted by Gasteiger charge is 2.17. The molecule has 140 valence electrons. The Morgan fingerprint density at radius 2 is 1.04 bits per heavy atom. The number of hydrogen-bond donors (Lipinski definition) is 0. The van der Waals surface area contributed by atoms with E-state index in [-0.39, 0.29) is 11.6 Å². The van der Waals surface area contributed by atoms with E-state index >= 15 is 0 Å². The molecule has 0 unspecified atom stereocenters. The number of nitrogens with zero attached hydrogens (tertiary/aromatic N) is 2. The van der Waals surface area contributed by atoms with Crippen molar-refractivity contribution in [3.8, 4) is 11.5 Å². The minimum absolute atomic E-state index is 0.302. The highest BCUT2D eigenvalue weighted by Crippen LogP contribution is 2.16. The summed E-state index contributed by atoms with van der Waals surface area (Å²) in [6.45, 7) is 6.21. The van der Waals surface area contributed by atoms with Crippen LogP contribution in [0.2, 0.25) is 0 Å². The fraction of sp³-hybridized carbons (Fsp3) is 0.400. The largest absolute Gasteiger partial charge is 0.489 e. The minimum Gasteiger partial charge on any atom is -0.489 e. The molecule has 0 atom stereocenters. The van der Waals surface area contributed by atoms with Crippen molar-refractivity contribution < 1.29 is 18.3 Å². The van der Waals surface area contributed by atoms with E-state index in [2.05, 4.69) is 9.80 Å². The lowest BCUT2D eigenvalue weighted by atomic mass is 10.3. The van der Waals surface area contributed by atoms with Gasteiger partial charge in [0.05, 0.1) is 0 Å². The van der Waals surface area contributed by atoms with E-state index in [1.165, 1.54) is 12.1 Å². The van der Waals surface area contributed by atoms with Crippen molar-refractivity contribution in [3.05, 3.63) is 60.2 Å². The van der Waals surface area contributed by atoms with Gasteiger partial charge in [0.25, 0.3) is 0 Å². The van der Waals surface area contributed by atoms with E-state index in [1.807, 2.05) is 0 Å². The zero-order valence-electron chi connectivity index (χ0n) is 14.7. The summed E-state index contributed by atoms with van der Waals surface area (Å²) in [5.41, 5.74) is 0. The van der Waals surface area contributed by atoms with Gasteiger partial charge in [-0.25, -0.2) is 8.78 Å². The fourth-order valence-electron chi connectivity index (χ4n) is 2.93. The molecule has 0 aliphatic carbocycles. The Labute approximate surface area is 152 Å². The maximum atomic E-state index is 13.5. The summed E-state index contributed by atoms with van der Waals surface area (Å²) in [4.78, 5) is 4.60. The molecule has 26 heavy (non-hydrogen) atoms. The van der Waals surface area contributed by atoms with Gasteiger partial charge in [0.15, 0.2) is 23.1 Å². The SMILES string of the molecule is Fc1ccccc1OCCN1CCN(CCOc2ccccc2F)CC1. The molecule has 1 aliphatic heterocycles. The van der Waals surface area contributed by atoms with Crippen molar-refractivity contribution in [3.63, 3.8) is 0 Å². The molecule has 0 aromatic heterocycles. The lowest BCUT2D eigenvalue weighted by molar-refractivity contribution is 0.104. The normalized spacial score (nSPS) is 15.8. The summed E-state index contributed by atoms with van der Waals surface area (Å²) in [6.07, 6.45) is 0. The Hall–Kier alpha value is -2.18. The van der Waals surface area contributed by atoms with Crippen molar-refractivity contribution in [1.29, 1.82) is 0 Å². The van der Waals surface area contributed by atoms with Gasteiger partial charge in [-0.3, -0.25) is 9.80 Å². The first-order valence-corrected chi connectivity index (χ1v) is 8.92. The van der Waals surface area contributed by atoms with Gasteiger partial charge in [-0.2, -0.15) is 0 Å². The molecule has 3 rings (SSSR count). The van der Waals surface area contributed by atoms with Gasteiger partial charge >= 0.3 is 0 Å². The summed E-state index contributed by atoms with van der Waals surface area (Å²) in [6, 6.07) is 12.9. The molecule has 2 aromatic rings. The average Bonchev–Trinajstić information content (AvgIpc) is 2.66. The first kappa shape index (κ1) is 18.6. The van der Waals surface area contributed by atoms with E-state index in [4.69, 9.17) is 9.47 Å². The van der Waals surface area contributed by atoms with Crippen LogP contribution in [0, 0.1) is 11.6 Å². The Morgan fingerprint density at radius 3 is 1.42 bits per heavy atom. The van der Waals surface area contributed by atoms with E-state index in [9.17, 15) is 8.78 Å². The summed E-state index contributed by atoms with van der Waals surface area (Å²) >= 11 is 0. The zero-order valence-corrected chi connectivity index (χ0v) is 14.7. The Balaban J connectivity index is 1.30. The van der Waals surface area contributed by atoms with Crippen molar-refractivity contribution in [2.75, 3.05) is 52.5 Å². The first-order valence-electron chi connectivity index (χ1n) is 8.92. The standard InChI is InChI=1S/C20H24F2N2O2/c21-17-5-1-3-7-19(17)25-15-13-23-9-11-24(12-10-23)14-16-26-20-8-4-2-6-18(20)22/h1-8H,9-16H2. The monoisotopic (exact) mass is 362 g/mol. The number of hydrogen-bond acceptors (Lipinski definition) is 4. The summed E-state index contributed by atoms with van der Waals surface area (Å²) in [5, 5.41) is 0. The number of rotatable bonds is 8. The van der Waals surface area contributed by atoms with Gasteiger partial charge in [-0.1, -0.05) is 24.3 Å². The van der Waals surface area contributed by atoms with Crippen LogP contribution in [-0.4, -0.2) is 62.3 Å². The number of piperazine rings is 1. The van der Waals surface area contributed by atoms with Crippen LogP contribution in [0.1, 0.15) is 0 Å². The lowest BCUT2D eigenvalue weighted by Crippen LogP contribution is -2.48. The maximum Gasteiger partial charge on any atom is 0.165 e. The smallest absolute Gasteiger partial charge is 0.165 e. The van der Waals surface area contributed by atoms with Crippen LogP contribution in [0.4, 0.5) is 8.78 Å². The molecule has 6 heteroatoms. The maximum absolute atomic E-state index is 13.5. The number of benzene rings is 2. The Morgan fingerprint density at radius 1 is 0.654 bits per heavy atom. The van der Waals surface area contributed by atoms with E-state index in [0.717, 1.165) is 39.3 Å². The van der Waals surface area contributed by atoms with E-state index < -0.39 is 0 Å². The quantitative estimate of drug-likeness (QED) is 0.721. The summed E-state index contributed by atoms with van der Waals surface area (Å²) in [7, 11) is 0. The predicted molar refractivity (Wildman–Crippen MR) is 96.7 cm³/mol. The molecule has 1 heterocycles. The molecular formula is C20H24F2N2O2. The molecule has 0 saturated carbocycles. The van der Waals surface area contributed by atoms with E-state index in [1.54, 1.807) is 36.4 Å². The minimum atomic E-state index is -0.327. The predicted octanol–water partition coefficient (Wildman–Crippen LogP) is 3.04. The molecule has 0 N–H and O–H groups in total. The second-order valence-electron chi connectivity index (χ2n) is 6.24. The topological polar surface area (TPSA) is 24.9 Å². The molecule has 0 spiro atoms. The number of para-hydroxylation sites is 2. The van der Waals surface area contributed by atoms with Gasteiger partial charge < -0.3 is 9.47 Å². The third-order valence-corrected chi connectivity index (χ3v) is 4.47. The van der Waals surface area contributed by atoms with Gasteiger partial charge in [0.1, 0.15) is 13.2 Å². The fourth-order valence-corrected chi connectivity index (χ4v) is 2.93. The highest BCUT2D eigenvalue weighted by atomic mass is 19.1. The van der Waals surface area contributed by atoms with Crippen molar-refractivity contribution in [2.24, 2.45) is 0 Å². The Bertz CT molecular complexity index is 632. The molecule has 2 aromatic carbocycles.